The molecule has 2 N–H and O–H groups in total. The largest absolute Gasteiger partial charge is 0.371 e. The van der Waals surface area contributed by atoms with Gasteiger partial charge >= 0.3 is 0 Å². The molecule has 1 atom stereocenters. The van der Waals surface area contributed by atoms with Crippen molar-refractivity contribution in [3.8, 4) is 0 Å². The number of nitrogens with one attached hydrogen (secondary N) is 2. The van der Waals surface area contributed by atoms with Crippen molar-refractivity contribution >= 4 is 11.6 Å². The van der Waals surface area contributed by atoms with Crippen molar-refractivity contribution in [1.29, 1.82) is 0 Å². The Morgan fingerprint density at radius 1 is 1.19 bits per heavy atom. The zero-order valence-corrected chi connectivity index (χ0v) is 16.2. The van der Waals surface area contributed by atoms with E-state index in [1.807, 2.05) is 6.07 Å². The molecule has 4 nitrogen and oxygen atoms in total. The second-order valence-corrected chi connectivity index (χ2v) is 7.10. The van der Waals surface area contributed by atoms with Crippen LogP contribution in [0.1, 0.15) is 24.5 Å². The van der Waals surface area contributed by atoms with Gasteiger partial charge in [-0.1, -0.05) is 30.3 Å². The van der Waals surface area contributed by atoms with Crippen LogP contribution in [0.3, 0.4) is 0 Å². The molecule has 1 aliphatic rings. The fraction of sp³-hybridized carbons (Fsp3) is 0.409. The summed E-state index contributed by atoms with van der Waals surface area (Å²) >= 11 is 0. The Morgan fingerprint density at radius 2 is 2.00 bits per heavy atom. The molecule has 0 amide bonds. The summed E-state index contributed by atoms with van der Waals surface area (Å²) in [6.07, 6.45) is 1.17. The summed E-state index contributed by atoms with van der Waals surface area (Å²) in [5, 5.41) is 6.73. The molecule has 0 spiro atoms. The minimum Gasteiger partial charge on any atom is -0.371 e. The zero-order valence-electron chi connectivity index (χ0n) is 16.2. The van der Waals surface area contributed by atoms with E-state index in [1.54, 1.807) is 19.1 Å². The van der Waals surface area contributed by atoms with Crippen LogP contribution in [0.15, 0.2) is 53.5 Å². The first-order valence-electron chi connectivity index (χ1n) is 9.73. The Balaban J connectivity index is 1.53. The van der Waals surface area contributed by atoms with Crippen LogP contribution < -0.4 is 15.5 Å². The molecule has 5 heteroatoms. The smallest absolute Gasteiger partial charge is 0.191 e. The van der Waals surface area contributed by atoms with Crippen molar-refractivity contribution < 1.29 is 4.39 Å². The molecule has 1 aliphatic heterocycles. The summed E-state index contributed by atoms with van der Waals surface area (Å²) in [6, 6.07) is 15.9. The number of para-hydroxylation sites is 1. The summed E-state index contributed by atoms with van der Waals surface area (Å²) in [5.74, 6) is 1.20. The third kappa shape index (κ3) is 5.46. The number of benzene rings is 2. The van der Waals surface area contributed by atoms with Gasteiger partial charge in [-0.05, 0) is 55.5 Å². The molecule has 27 heavy (non-hydrogen) atoms. The van der Waals surface area contributed by atoms with Crippen LogP contribution in [-0.4, -0.2) is 32.1 Å². The van der Waals surface area contributed by atoms with E-state index in [1.165, 1.54) is 12.1 Å². The van der Waals surface area contributed by atoms with Crippen molar-refractivity contribution in [3.05, 3.63) is 65.5 Å². The average Bonchev–Trinajstić information content (AvgIpc) is 3.16. The van der Waals surface area contributed by atoms with Gasteiger partial charge in [-0.25, -0.2) is 9.38 Å². The van der Waals surface area contributed by atoms with Gasteiger partial charge in [0.05, 0.1) is 6.54 Å². The topological polar surface area (TPSA) is 39.7 Å². The van der Waals surface area contributed by atoms with Crippen molar-refractivity contribution in [1.82, 2.24) is 10.6 Å². The van der Waals surface area contributed by atoms with Crippen molar-refractivity contribution in [2.24, 2.45) is 10.9 Å². The number of rotatable bonds is 6. The van der Waals surface area contributed by atoms with Crippen LogP contribution in [0, 0.1) is 18.7 Å². The summed E-state index contributed by atoms with van der Waals surface area (Å²) in [5.41, 5.74) is 2.84. The van der Waals surface area contributed by atoms with Crippen LogP contribution in [-0.2, 0) is 6.54 Å². The summed E-state index contributed by atoms with van der Waals surface area (Å²) in [7, 11) is 0. The highest BCUT2D eigenvalue weighted by atomic mass is 19.1. The van der Waals surface area contributed by atoms with Crippen molar-refractivity contribution in [3.63, 3.8) is 0 Å². The second kappa shape index (κ2) is 9.40. The standard InChI is InChI=1S/C22H29FN4/c1-3-24-22(25-14-18-10-9-17(2)21(23)13-18)26-15-19-11-12-27(16-19)20-7-5-4-6-8-20/h4-10,13,19H,3,11-12,14-16H2,1-2H3,(H2,24,25,26). The third-order valence-corrected chi connectivity index (χ3v) is 4.97. The van der Waals surface area contributed by atoms with Gasteiger partial charge in [0.15, 0.2) is 5.96 Å². The van der Waals surface area contributed by atoms with Gasteiger partial charge in [-0.3, -0.25) is 0 Å². The minimum atomic E-state index is -0.174. The SMILES string of the molecule is CCNC(=NCc1ccc(C)c(F)c1)NCC1CCN(c2ccccc2)C1. The number of anilines is 1. The van der Waals surface area contributed by atoms with Gasteiger partial charge < -0.3 is 15.5 Å². The first-order valence-corrected chi connectivity index (χ1v) is 9.73. The van der Waals surface area contributed by atoms with Crippen molar-refractivity contribution in [2.75, 3.05) is 31.1 Å². The number of nitrogens with zero attached hydrogens (tertiary/aromatic N) is 2. The summed E-state index contributed by atoms with van der Waals surface area (Å²) in [6.45, 7) is 8.12. The third-order valence-electron chi connectivity index (χ3n) is 4.97. The van der Waals surface area contributed by atoms with E-state index in [0.717, 1.165) is 37.7 Å². The van der Waals surface area contributed by atoms with Gasteiger partial charge in [0.25, 0.3) is 0 Å². The predicted molar refractivity (Wildman–Crippen MR) is 111 cm³/mol. The van der Waals surface area contributed by atoms with E-state index in [4.69, 9.17) is 0 Å². The highest BCUT2D eigenvalue weighted by molar-refractivity contribution is 5.79. The number of hydrogen-bond donors (Lipinski definition) is 2. The number of halogens is 1. The van der Waals surface area contributed by atoms with Crippen LogP contribution in [0.2, 0.25) is 0 Å². The Morgan fingerprint density at radius 3 is 2.74 bits per heavy atom. The van der Waals surface area contributed by atoms with E-state index < -0.39 is 0 Å². The molecule has 2 aromatic carbocycles. The molecule has 1 saturated heterocycles. The fourth-order valence-electron chi connectivity index (χ4n) is 3.36. The molecule has 0 bridgehead atoms. The number of aliphatic imine (C=N–C) groups is 1. The van der Waals surface area contributed by atoms with E-state index in [2.05, 4.69) is 57.8 Å². The summed E-state index contributed by atoms with van der Waals surface area (Å²) in [4.78, 5) is 7.04. The second-order valence-electron chi connectivity index (χ2n) is 7.10. The van der Waals surface area contributed by atoms with Crippen LogP contribution >= 0.6 is 0 Å². The highest BCUT2D eigenvalue weighted by Gasteiger charge is 2.22. The fourth-order valence-corrected chi connectivity index (χ4v) is 3.36. The molecule has 3 rings (SSSR count). The van der Waals surface area contributed by atoms with E-state index in [-0.39, 0.29) is 5.82 Å². The molecule has 2 aromatic rings. The average molecular weight is 369 g/mol. The minimum absolute atomic E-state index is 0.174. The zero-order chi connectivity index (χ0) is 19.1. The molecular weight excluding hydrogens is 339 g/mol. The van der Waals surface area contributed by atoms with Gasteiger partial charge in [-0.15, -0.1) is 0 Å². The van der Waals surface area contributed by atoms with Crippen LogP contribution in [0.4, 0.5) is 10.1 Å². The molecule has 1 fully saturated rings. The van der Waals surface area contributed by atoms with Crippen molar-refractivity contribution in [2.45, 2.75) is 26.8 Å². The summed E-state index contributed by atoms with van der Waals surface area (Å²) < 4.78 is 13.7. The highest BCUT2D eigenvalue weighted by Crippen LogP contribution is 2.22. The molecule has 144 valence electrons. The van der Waals surface area contributed by atoms with Gasteiger partial charge in [0, 0.05) is 31.9 Å². The van der Waals surface area contributed by atoms with Crippen LogP contribution in [0.5, 0.6) is 0 Å². The Kier molecular flexibility index (Phi) is 6.69. The molecule has 1 unspecified atom stereocenters. The first-order chi connectivity index (χ1) is 13.2. The maximum absolute atomic E-state index is 13.7. The lowest BCUT2D eigenvalue weighted by Gasteiger charge is -2.19. The predicted octanol–water partition coefficient (Wildman–Crippen LogP) is 3.72. The quantitative estimate of drug-likeness (QED) is 0.603. The molecule has 1 heterocycles. The molecule has 0 aromatic heterocycles. The number of guanidine groups is 1. The molecular formula is C22H29FN4. The Bertz CT molecular complexity index is 760. The Labute approximate surface area is 161 Å². The molecule has 0 aliphatic carbocycles. The lowest BCUT2D eigenvalue weighted by Crippen LogP contribution is -2.40. The monoisotopic (exact) mass is 368 g/mol. The maximum atomic E-state index is 13.7. The lowest BCUT2D eigenvalue weighted by atomic mass is 10.1. The van der Waals surface area contributed by atoms with E-state index in [9.17, 15) is 4.39 Å². The number of aryl methyl sites for hydroxylation is 1. The normalized spacial score (nSPS) is 17.2. The van der Waals surface area contributed by atoms with Gasteiger partial charge in [0.2, 0.25) is 0 Å². The van der Waals surface area contributed by atoms with Gasteiger partial charge in [0.1, 0.15) is 5.82 Å². The maximum Gasteiger partial charge on any atom is 0.191 e. The Hall–Kier alpha value is -2.56. The lowest BCUT2D eigenvalue weighted by molar-refractivity contribution is 0.565. The molecule has 0 saturated carbocycles. The van der Waals surface area contributed by atoms with E-state index in [0.29, 0.717) is 18.0 Å². The number of hydrogen-bond acceptors (Lipinski definition) is 2. The van der Waals surface area contributed by atoms with Crippen LogP contribution in [0.25, 0.3) is 0 Å². The molecule has 0 radical (unpaired) electrons. The first kappa shape index (κ1) is 19.2. The van der Waals surface area contributed by atoms with E-state index >= 15 is 0 Å². The van der Waals surface area contributed by atoms with Gasteiger partial charge in [-0.2, -0.15) is 0 Å².